The standard InChI is InChI=1S/C10H23N.ClH/c1-4-7-8-10-11(6-3)9-5-2;/h4-10H2,1-3H3;1H. The highest BCUT2D eigenvalue weighted by Gasteiger charge is 1.98. The normalized spacial score (nSPS) is 10.0. The number of hydrogen-bond donors (Lipinski definition) is 0. The van der Waals surface area contributed by atoms with Gasteiger partial charge in [0, 0.05) is 0 Å². The third-order valence-corrected chi connectivity index (χ3v) is 2.06. The van der Waals surface area contributed by atoms with Crippen molar-refractivity contribution in [3.63, 3.8) is 0 Å². The first-order chi connectivity index (χ1) is 5.35. The predicted molar refractivity (Wildman–Crippen MR) is 59.2 cm³/mol. The van der Waals surface area contributed by atoms with Gasteiger partial charge in [-0.2, -0.15) is 0 Å². The number of unbranched alkanes of at least 4 members (excludes halogenated alkanes) is 2. The number of hydrogen-bond acceptors (Lipinski definition) is 1. The van der Waals surface area contributed by atoms with Crippen LogP contribution in [0.25, 0.3) is 0 Å². The predicted octanol–water partition coefficient (Wildman–Crippen LogP) is 3.33. The molecule has 0 heterocycles. The third-order valence-electron chi connectivity index (χ3n) is 2.06. The van der Waals surface area contributed by atoms with Crippen molar-refractivity contribution in [1.82, 2.24) is 4.90 Å². The van der Waals surface area contributed by atoms with Crippen molar-refractivity contribution in [2.45, 2.75) is 46.5 Å². The van der Waals surface area contributed by atoms with Gasteiger partial charge in [-0.3, -0.25) is 0 Å². The Morgan fingerprint density at radius 1 is 0.833 bits per heavy atom. The summed E-state index contributed by atoms with van der Waals surface area (Å²) >= 11 is 0. The third kappa shape index (κ3) is 8.35. The van der Waals surface area contributed by atoms with E-state index in [1.165, 1.54) is 45.3 Å². The Kier molecular flexibility index (Phi) is 13.8. The second kappa shape index (κ2) is 11.2. The second-order valence-corrected chi connectivity index (χ2v) is 3.14. The molecule has 0 aromatic rings. The molecule has 0 aliphatic heterocycles. The van der Waals surface area contributed by atoms with E-state index < -0.39 is 0 Å². The molecule has 0 bridgehead atoms. The van der Waals surface area contributed by atoms with E-state index in [0.29, 0.717) is 0 Å². The van der Waals surface area contributed by atoms with Gasteiger partial charge in [0.05, 0.1) is 0 Å². The summed E-state index contributed by atoms with van der Waals surface area (Å²) in [5.41, 5.74) is 0. The number of nitrogens with zero attached hydrogens (tertiary/aromatic N) is 1. The lowest BCUT2D eigenvalue weighted by atomic mass is 10.2. The summed E-state index contributed by atoms with van der Waals surface area (Å²) in [6, 6.07) is 0. The maximum atomic E-state index is 2.54. The first-order valence-electron chi connectivity index (χ1n) is 5.07. The quantitative estimate of drug-likeness (QED) is 0.561. The van der Waals surface area contributed by atoms with Crippen molar-refractivity contribution in [2.75, 3.05) is 19.6 Å². The molecule has 0 saturated carbocycles. The van der Waals surface area contributed by atoms with Gasteiger partial charge in [0.1, 0.15) is 0 Å². The molecule has 0 aliphatic rings. The molecule has 0 unspecified atom stereocenters. The molecule has 0 aromatic carbocycles. The average molecular weight is 194 g/mol. The molecular formula is C10H24ClN. The second-order valence-electron chi connectivity index (χ2n) is 3.14. The highest BCUT2D eigenvalue weighted by Crippen LogP contribution is 1.98. The Balaban J connectivity index is 0. The minimum Gasteiger partial charge on any atom is -0.304 e. The van der Waals surface area contributed by atoms with Crippen LogP contribution in [0, 0.1) is 0 Å². The SMILES string of the molecule is CCCCCN(CC)CCC.Cl. The molecule has 0 saturated heterocycles. The highest BCUT2D eigenvalue weighted by atomic mass is 35.5. The van der Waals surface area contributed by atoms with Crippen LogP contribution in [0.5, 0.6) is 0 Å². The van der Waals surface area contributed by atoms with Crippen molar-refractivity contribution in [1.29, 1.82) is 0 Å². The minimum atomic E-state index is 0. The average Bonchev–Trinajstić information content (AvgIpc) is 2.03. The summed E-state index contributed by atoms with van der Waals surface area (Å²) in [6.07, 6.45) is 5.40. The zero-order valence-corrected chi connectivity index (χ0v) is 9.62. The smallest absolute Gasteiger partial charge is 0.00189 e. The van der Waals surface area contributed by atoms with Gasteiger partial charge in [-0.15, -0.1) is 12.4 Å². The molecule has 0 aromatic heterocycles. The van der Waals surface area contributed by atoms with Crippen LogP contribution in [-0.4, -0.2) is 24.5 Å². The van der Waals surface area contributed by atoms with Crippen LogP contribution >= 0.6 is 12.4 Å². The van der Waals surface area contributed by atoms with E-state index in [1.54, 1.807) is 0 Å². The van der Waals surface area contributed by atoms with Crippen LogP contribution in [0.3, 0.4) is 0 Å². The summed E-state index contributed by atoms with van der Waals surface area (Å²) < 4.78 is 0. The summed E-state index contributed by atoms with van der Waals surface area (Å²) in [4.78, 5) is 2.54. The van der Waals surface area contributed by atoms with Gasteiger partial charge >= 0.3 is 0 Å². The maximum absolute atomic E-state index is 2.54. The van der Waals surface area contributed by atoms with Gasteiger partial charge in [-0.1, -0.05) is 33.6 Å². The summed E-state index contributed by atoms with van der Waals surface area (Å²) in [7, 11) is 0. The fourth-order valence-corrected chi connectivity index (χ4v) is 1.33. The van der Waals surface area contributed by atoms with Crippen LogP contribution in [0.1, 0.15) is 46.5 Å². The van der Waals surface area contributed by atoms with Gasteiger partial charge in [0.25, 0.3) is 0 Å². The van der Waals surface area contributed by atoms with Crippen molar-refractivity contribution in [3.8, 4) is 0 Å². The fourth-order valence-electron chi connectivity index (χ4n) is 1.33. The van der Waals surface area contributed by atoms with Gasteiger partial charge in [0.15, 0.2) is 0 Å². The Labute approximate surface area is 83.9 Å². The summed E-state index contributed by atoms with van der Waals surface area (Å²) in [5.74, 6) is 0. The molecule has 0 radical (unpaired) electrons. The molecule has 0 rings (SSSR count). The molecule has 2 heteroatoms. The monoisotopic (exact) mass is 193 g/mol. The fraction of sp³-hybridized carbons (Fsp3) is 1.00. The first-order valence-corrected chi connectivity index (χ1v) is 5.07. The number of halogens is 1. The van der Waals surface area contributed by atoms with E-state index >= 15 is 0 Å². The molecule has 0 N–H and O–H groups in total. The van der Waals surface area contributed by atoms with E-state index in [2.05, 4.69) is 25.7 Å². The minimum absolute atomic E-state index is 0. The highest BCUT2D eigenvalue weighted by molar-refractivity contribution is 5.85. The molecule has 0 spiro atoms. The lowest BCUT2D eigenvalue weighted by Crippen LogP contribution is -2.25. The van der Waals surface area contributed by atoms with E-state index in [-0.39, 0.29) is 12.4 Å². The van der Waals surface area contributed by atoms with Crippen molar-refractivity contribution in [3.05, 3.63) is 0 Å². The van der Waals surface area contributed by atoms with Gasteiger partial charge < -0.3 is 4.90 Å². The van der Waals surface area contributed by atoms with Crippen molar-refractivity contribution < 1.29 is 0 Å². The molecule has 76 valence electrons. The van der Waals surface area contributed by atoms with E-state index in [9.17, 15) is 0 Å². The van der Waals surface area contributed by atoms with Crippen LogP contribution in [0.2, 0.25) is 0 Å². The topological polar surface area (TPSA) is 3.24 Å². The molecule has 12 heavy (non-hydrogen) atoms. The van der Waals surface area contributed by atoms with E-state index in [4.69, 9.17) is 0 Å². The Morgan fingerprint density at radius 2 is 1.50 bits per heavy atom. The van der Waals surface area contributed by atoms with Crippen molar-refractivity contribution >= 4 is 12.4 Å². The number of rotatable bonds is 7. The molecule has 0 atom stereocenters. The van der Waals surface area contributed by atoms with Gasteiger partial charge in [-0.05, 0) is 32.5 Å². The first kappa shape index (κ1) is 14.8. The molecule has 1 nitrogen and oxygen atoms in total. The van der Waals surface area contributed by atoms with E-state index in [0.717, 1.165) is 0 Å². The van der Waals surface area contributed by atoms with Crippen LogP contribution in [-0.2, 0) is 0 Å². The Morgan fingerprint density at radius 3 is 1.92 bits per heavy atom. The zero-order valence-electron chi connectivity index (χ0n) is 8.81. The summed E-state index contributed by atoms with van der Waals surface area (Å²) in [6.45, 7) is 10.6. The molecule has 0 aliphatic carbocycles. The summed E-state index contributed by atoms with van der Waals surface area (Å²) in [5, 5.41) is 0. The van der Waals surface area contributed by atoms with Crippen LogP contribution < -0.4 is 0 Å². The van der Waals surface area contributed by atoms with Crippen molar-refractivity contribution in [2.24, 2.45) is 0 Å². The lowest BCUT2D eigenvalue weighted by molar-refractivity contribution is 0.282. The van der Waals surface area contributed by atoms with Crippen LogP contribution in [0.15, 0.2) is 0 Å². The van der Waals surface area contributed by atoms with Gasteiger partial charge in [-0.25, -0.2) is 0 Å². The molecule has 0 fully saturated rings. The Bertz CT molecular complexity index is 76.2. The molecule has 0 amide bonds. The Hall–Kier alpha value is 0.250. The van der Waals surface area contributed by atoms with E-state index in [1.807, 2.05) is 0 Å². The largest absolute Gasteiger partial charge is 0.304 e. The maximum Gasteiger partial charge on any atom is -0.00189 e. The van der Waals surface area contributed by atoms with Crippen LogP contribution in [0.4, 0.5) is 0 Å². The zero-order chi connectivity index (χ0) is 8.53. The lowest BCUT2D eigenvalue weighted by Gasteiger charge is -2.18. The van der Waals surface area contributed by atoms with Gasteiger partial charge in [0.2, 0.25) is 0 Å². The molecular weight excluding hydrogens is 170 g/mol.